The minimum atomic E-state index is -0.515. The molecule has 2 rings (SSSR count). The van der Waals surface area contributed by atoms with Crippen molar-refractivity contribution in [3.05, 3.63) is 53.6 Å². The summed E-state index contributed by atoms with van der Waals surface area (Å²) in [7, 11) is 1.48. The number of hydrogen-bond donors (Lipinski definition) is 2. The predicted molar refractivity (Wildman–Crippen MR) is 118 cm³/mol. The van der Waals surface area contributed by atoms with Gasteiger partial charge in [-0.1, -0.05) is 38.0 Å². The molecule has 0 aromatic heterocycles. The first-order valence-electron chi connectivity index (χ1n) is 9.48. The monoisotopic (exact) mass is 414 g/mol. The molecule has 0 radical (unpaired) electrons. The first kappa shape index (κ1) is 22.4. The highest BCUT2D eigenvalue weighted by Gasteiger charge is 2.32. The van der Waals surface area contributed by atoms with Gasteiger partial charge in [0.25, 0.3) is 11.8 Å². The van der Waals surface area contributed by atoms with E-state index in [1.807, 2.05) is 6.08 Å². The second-order valence-corrected chi connectivity index (χ2v) is 7.02. The highest BCUT2D eigenvalue weighted by atomic mass is 32.1. The molecule has 154 valence electrons. The van der Waals surface area contributed by atoms with Crippen molar-refractivity contribution in [3.63, 3.8) is 0 Å². The maximum Gasteiger partial charge on any atom is 0.265 e. The number of unbranched alkanes of at least 4 members (excludes halogenated alkanes) is 2. The van der Waals surface area contributed by atoms with Crippen LogP contribution in [0.15, 0.2) is 48.1 Å². The summed E-state index contributed by atoms with van der Waals surface area (Å²) in [6, 6.07) is 5.05. The Hall–Kier alpha value is -2.93. The molecule has 1 aromatic rings. The van der Waals surface area contributed by atoms with Gasteiger partial charge in [0.1, 0.15) is 5.57 Å². The fourth-order valence-corrected chi connectivity index (χ4v) is 3.20. The Morgan fingerprint density at radius 3 is 2.72 bits per heavy atom. The number of methoxy groups -OCH3 is 1. The largest absolute Gasteiger partial charge is 0.504 e. The smallest absolute Gasteiger partial charge is 0.265 e. The topological polar surface area (TPSA) is 78.9 Å². The zero-order chi connectivity index (χ0) is 21.4. The second kappa shape index (κ2) is 10.6. The van der Waals surface area contributed by atoms with Crippen molar-refractivity contribution in [3.8, 4) is 11.5 Å². The number of amides is 2. The maximum absolute atomic E-state index is 12.8. The summed E-state index contributed by atoms with van der Waals surface area (Å²) < 4.78 is 5.07. The van der Waals surface area contributed by atoms with Gasteiger partial charge in [-0.05, 0) is 54.4 Å². The molecule has 0 atom stereocenters. The van der Waals surface area contributed by atoms with E-state index in [4.69, 9.17) is 17.0 Å². The zero-order valence-corrected chi connectivity index (χ0v) is 17.6. The highest BCUT2D eigenvalue weighted by Crippen LogP contribution is 2.28. The van der Waals surface area contributed by atoms with Crippen LogP contribution >= 0.6 is 12.2 Å². The molecule has 1 saturated heterocycles. The lowest BCUT2D eigenvalue weighted by atomic mass is 10.00. The number of benzene rings is 1. The van der Waals surface area contributed by atoms with E-state index >= 15 is 0 Å². The molecule has 29 heavy (non-hydrogen) atoms. The molecule has 7 heteroatoms. The molecule has 0 bridgehead atoms. The molecule has 0 unspecified atom stereocenters. The molecule has 0 aliphatic carbocycles. The van der Waals surface area contributed by atoms with Gasteiger partial charge in [-0.3, -0.25) is 19.8 Å². The van der Waals surface area contributed by atoms with Crippen LogP contribution in [0.5, 0.6) is 11.5 Å². The van der Waals surface area contributed by atoms with Gasteiger partial charge in [0.2, 0.25) is 0 Å². The first-order chi connectivity index (χ1) is 13.9. The Morgan fingerprint density at radius 2 is 2.10 bits per heavy atom. The first-order valence-corrected chi connectivity index (χ1v) is 9.89. The third-order valence-electron chi connectivity index (χ3n) is 4.45. The van der Waals surface area contributed by atoms with Gasteiger partial charge in [0.15, 0.2) is 16.6 Å². The van der Waals surface area contributed by atoms with Gasteiger partial charge in [-0.2, -0.15) is 0 Å². The number of phenols is 1. The number of carbonyl (C=O) groups is 2. The lowest BCUT2D eigenvalue weighted by Crippen LogP contribution is -2.54. The summed E-state index contributed by atoms with van der Waals surface area (Å²) in [6.45, 7) is 5.95. The van der Waals surface area contributed by atoms with Crippen LogP contribution in [0.2, 0.25) is 0 Å². The molecule has 0 saturated carbocycles. The third kappa shape index (κ3) is 5.77. The van der Waals surface area contributed by atoms with Gasteiger partial charge in [0, 0.05) is 6.54 Å². The fraction of sp³-hybridized carbons (Fsp3) is 0.318. The van der Waals surface area contributed by atoms with Gasteiger partial charge < -0.3 is 9.84 Å². The molecule has 2 amide bonds. The molecule has 1 heterocycles. The number of nitrogens with zero attached hydrogens (tertiary/aromatic N) is 1. The summed E-state index contributed by atoms with van der Waals surface area (Å²) >= 11 is 5.09. The quantitative estimate of drug-likeness (QED) is 0.212. The molecular formula is C22H26N2O4S. The lowest BCUT2D eigenvalue weighted by molar-refractivity contribution is -0.128. The standard InChI is InChI=1S/C22H26N2O4S/c1-4-6-7-8-15(12-16-9-10-19(28-3)18(25)14-16)13-17-20(26)23-22(29)24(11-5-2)21(17)27/h5,9-10,12-14,25H,2,4,6-8,11H2,1,3H3,(H,23,26,29). The average molecular weight is 415 g/mol. The highest BCUT2D eigenvalue weighted by molar-refractivity contribution is 7.80. The summed E-state index contributed by atoms with van der Waals surface area (Å²) in [5, 5.41) is 12.7. The SMILES string of the molecule is C=CCN1C(=O)C(=CC(=Cc2ccc(OC)c(O)c2)CCCCC)C(=O)NC1=S. The Balaban J connectivity index is 2.41. The summed E-state index contributed by atoms with van der Waals surface area (Å²) in [5.41, 5.74) is 1.59. The van der Waals surface area contributed by atoms with E-state index < -0.39 is 11.8 Å². The molecular weight excluding hydrogens is 388 g/mol. The van der Waals surface area contributed by atoms with E-state index in [1.165, 1.54) is 12.0 Å². The van der Waals surface area contributed by atoms with Crippen molar-refractivity contribution in [2.75, 3.05) is 13.7 Å². The van der Waals surface area contributed by atoms with Crippen molar-refractivity contribution < 1.29 is 19.4 Å². The maximum atomic E-state index is 12.8. The van der Waals surface area contributed by atoms with Gasteiger partial charge >= 0.3 is 0 Å². The summed E-state index contributed by atoms with van der Waals surface area (Å²) in [5.74, 6) is -0.559. The number of nitrogens with one attached hydrogen (secondary N) is 1. The number of ether oxygens (including phenoxy) is 1. The molecule has 1 aliphatic heterocycles. The normalized spacial score (nSPS) is 16.2. The summed E-state index contributed by atoms with van der Waals surface area (Å²) in [4.78, 5) is 26.5. The fourth-order valence-electron chi connectivity index (χ4n) is 2.95. The van der Waals surface area contributed by atoms with E-state index in [2.05, 4.69) is 18.8 Å². The van der Waals surface area contributed by atoms with Crippen LogP contribution < -0.4 is 10.1 Å². The average Bonchev–Trinajstić information content (AvgIpc) is 2.68. The van der Waals surface area contributed by atoms with E-state index in [9.17, 15) is 14.7 Å². The number of hydrogen-bond acceptors (Lipinski definition) is 5. The van der Waals surface area contributed by atoms with E-state index in [0.717, 1.165) is 30.4 Å². The summed E-state index contributed by atoms with van der Waals surface area (Å²) in [6.07, 6.45) is 8.70. The number of rotatable bonds is 9. The van der Waals surface area contributed by atoms with Crippen LogP contribution in [-0.4, -0.2) is 40.6 Å². The van der Waals surface area contributed by atoms with E-state index in [1.54, 1.807) is 30.4 Å². The molecule has 1 fully saturated rings. The Bertz CT molecular complexity index is 874. The van der Waals surface area contributed by atoms with Crippen LogP contribution in [0.25, 0.3) is 6.08 Å². The Kier molecular flexibility index (Phi) is 8.15. The Morgan fingerprint density at radius 1 is 1.34 bits per heavy atom. The molecule has 6 nitrogen and oxygen atoms in total. The number of thiocarbonyl (C=S) groups is 1. The van der Waals surface area contributed by atoms with Crippen LogP contribution in [0.3, 0.4) is 0 Å². The van der Waals surface area contributed by atoms with Gasteiger partial charge in [0.05, 0.1) is 7.11 Å². The predicted octanol–water partition coefficient (Wildman–Crippen LogP) is 3.72. The molecule has 1 aromatic carbocycles. The van der Waals surface area contributed by atoms with Crippen molar-refractivity contribution >= 4 is 35.2 Å². The Labute approximate surface area is 176 Å². The van der Waals surface area contributed by atoms with Crippen molar-refractivity contribution in [1.29, 1.82) is 0 Å². The number of allylic oxidation sites excluding steroid dienone is 2. The molecule has 2 N–H and O–H groups in total. The van der Waals surface area contributed by atoms with Crippen LogP contribution in [0.1, 0.15) is 38.2 Å². The van der Waals surface area contributed by atoms with Crippen molar-refractivity contribution in [2.45, 2.75) is 32.6 Å². The van der Waals surface area contributed by atoms with Gasteiger partial charge in [-0.25, -0.2) is 0 Å². The van der Waals surface area contributed by atoms with Crippen LogP contribution in [0.4, 0.5) is 0 Å². The van der Waals surface area contributed by atoms with Crippen LogP contribution in [-0.2, 0) is 9.59 Å². The van der Waals surface area contributed by atoms with E-state index in [-0.39, 0.29) is 23.0 Å². The number of aromatic hydroxyl groups is 1. The van der Waals surface area contributed by atoms with Crippen LogP contribution in [0, 0.1) is 0 Å². The van der Waals surface area contributed by atoms with Crippen molar-refractivity contribution in [2.24, 2.45) is 0 Å². The number of phenolic OH excluding ortho intramolecular Hbond substituents is 1. The number of carbonyl (C=O) groups excluding carboxylic acids is 2. The molecule has 1 aliphatic rings. The lowest BCUT2D eigenvalue weighted by Gasteiger charge is -2.28. The minimum absolute atomic E-state index is 0.0239. The third-order valence-corrected chi connectivity index (χ3v) is 4.77. The molecule has 0 spiro atoms. The zero-order valence-electron chi connectivity index (χ0n) is 16.7. The van der Waals surface area contributed by atoms with E-state index in [0.29, 0.717) is 12.2 Å². The van der Waals surface area contributed by atoms with Crippen molar-refractivity contribution in [1.82, 2.24) is 10.2 Å². The van der Waals surface area contributed by atoms with Gasteiger partial charge in [-0.15, -0.1) is 6.58 Å². The second-order valence-electron chi connectivity index (χ2n) is 6.63. The minimum Gasteiger partial charge on any atom is -0.504 e.